The molecule has 0 N–H and O–H groups in total. The molecule has 1 fully saturated rings. The molecule has 1 unspecified atom stereocenters. The average molecular weight is 234 g/mol. The SMILES string of the molecule is CCC[Si]1CCC[Si](Cl)(CCC)C1. The molecule has 1 aliphatic rings. The van der Waals surface area contributed by atoms with E-state index in [4.69, 9.17) is 11.1 Å². The Bertz CT molecular complexity index is 146. The maximum atomic E-state index is 6.77. The average Bonchev–Trinajstić information content (AvgIpc) is 2.04. The zero-order valence-corrected chi connectivity index (χ0v) is 11.8. The Kier molecular flexibility index (Phi) is 5.05. The van der Waals surface area contributed by atoms with Crippen LogP contribution in [0.15, 0.2) is 0 Å². The molecule has 0 spiro atoms. The minimum atomic E-state index is -1.22. The van der Waals surface area contributed by atoms with E-state index < -0.39 is 7.38 Å². The third kappa shape index (κ3) is 3.76. The number of rotatable bonds is 4. The van der Waals surface area contributed by atoms with Crippen molar-refractivity contribution in [2.45, 2.75) is 63.0 Å². The van der Waals surface area contributed by atoms with Gasteiger partial charge in [0.05, 0.1) is 0 Å². The van der Waals surface area contributed by atoms with Crippen molar-refractivity contribution in [3.05, 3.63) is 0 Å². The molecule has 0 aromatic rings. The first-order valence-electron chi connectivity index (χ1n) is 5.72. The summed E-state index contributed by atoms with van der Waals surface area (Å²) in [5.41, 5.74) is 1.51. The lowest BCUT2D eigenvalue weighted by Crippen LogP contribution is -2.37. The standard InChI is InChI=1S/C10H22ClSi2/c1-3-6-12-7-5-9-13(11,10-12)8-4-2/h3-10H2,1-2H3. The summed E-state index contributed by atoms with van der Waals surface area (Å²) in [6, 6.07) is 5.88. The van der Waals surface area contributed by atoms with Crippen molar-refractivity contribution < 1.29 is 0 Å². The van der Waals surface area contributed by atoms with Crippen LogP contribution >= 0.6 is 11.1 Å². The van der Waals surface area contributed by atoms with Gasteiger partial charge in [-0.1, -0.05) is 45.2 Å². The smallest absolute Gasteiger partial charge is 0.153 e. The molecule has 0 bridgehead atoms. The predicted molar refractivity (Wildman–Crippen MR) is 66.6 cm³/mol. The van der Waals surface area contributed by atoms with Crippen LogP contribution in [0.3, 0.4) is 0 Å². The maximum absolute atomic E-state index is 6.77. The highest BCUT2D eigenvalue weighted by Gasteiger charge is 2.36. The lowest BCUT2D eigenvalue weighted by atomic mass is 10.5. The van der Waals surface area contributed by atoms with Gasteiger partial charge in [-0.15, -0.1) is 0 Å². The fourth-order valence-electron chi connectivity index (χ4n) is 2.51. The first kappa shape index (κ1) is 11.8. The lowest BCUT2D eigenvalue weighted by Gasteiger charge is -2.33. The van der Waals surface area contributed by atoms with E-state index in [1.54, 1.807) is 6.04 Å². The minimum Gasteiger partial charge on any atom is -0.167 e. The van der Waals surface area contributed by atoms with Crippen LogP contribution in [0, 0.1) is 0 Å². The van der Waals surface area contributed by atoms with Gasteiger partial charge in [0, 0.05) is 8.80 Å². The van der Waals surface area contributed by atoms with Crippen LogP contribution in [-0.2, 0) is 0 Å². The normalized spacial score (nSPS) is 30.7. The third-order valence-corrected chi connectivity index (χ3v) is 14.8. The van der Waals surface area contributed by atoms with E-state index in [-0.39, 0.29) is 8.80 Å². The van der Waals surface area contributed by atoms with Gasteiger partial charge in [-0.3, -0.25) is 0 Å². The summed E-state index contributed by atoms with van der Waals surface area (Å²) in [7, 11) is -1.22. The molecule has 1 heterocycles. The molecule has 0 amide bonds. The quantitative estimate of drug-likeness (QED) is 0.498. The van der Waals surface area contributed by atoms with Crippen LogP contribution in [0.2, 0.25) is 29.8 Å². The Hall–Kier alpha value is 0.724. The van der Waals surface area contributed by atoms with Crippen LogP contribution in [0.4, 0.5) is 0 Å². The molecule has 0 saturated carbocycles. The molecule has 1 aliphatic heterocycles. The largest absolute Gasteiger partial charge is 0.167 e. The molecule has 77 valence electrons. The van der Waals surface area contributed by atoms with Crippen LogP contribution in [0.1, 0.15) is 33.1 Å². The molecule has 1 rings (SSSR count). The molecule has 13 heavy (non-hydrogen) atoms. The highest BCUT2D eigenvalue weighted by Crippen LogP contribution is 2.37. The molecule has 1 atom stereocenters. The van der Waals surface area contributed by atoms with Gasteiger partial charge >= 0.3 is 0 Å². The van der Waals surface area contributed by atoms with Crippen molar-refractivity contribution in [1.29, 1.82) is 0 Å². The number of halogens is 1. The summed E-state index contributed by atoms with van der Waals surface area (Å²) in [5.74, 6) is 0. The summed E-state index contributed by atoms with van der Waals surface area (Å²) in [4.78, 5) is 0. The van der Waals surface area contributed by atoms with Crippen molar-refractivity contribution in [2.75, 3.05) is 0 Å². The summed E-state index contributed by atoms with van der Waals surface area (Å²) in [5, 5.41) is 0. The van der Waals surface area contributed by atoms with E-state index in [0.29, 0.717) is 0 Å². The molecular formula is C10H22ClSi2. The summed E-state index contributed by atoms with van der Waals surface area (Å²) in [6.45, 7) is 4.61. The van der Waals surface area contributed by atoms with E-state index >= 15 is 0 Å². The van der Waals surface area contributed by atoms with Crippen LogP contribution in [0.25, 0.3) is 0 Å². The van der Waals surface area contributed by atoms with E-state index in [2.05, 4.69) is 13.8 Å². The summed E-state index contributed by atoms with van der Waals surface area (Å²) < 4.78 is 0. The summed E-state index contributed by atoms with van der Waals surface area (Å²) in [6.07, 6.45) is 4.17. The van der Waals surface area contributed by atoms with Gasteiger partial charge in [-0.2, -0.15) is 11.1 Å². The van der Waals surface area contributed by atoms with Gasteiger partial charge in [-0.05, 0) is 17.8 Å². The highest BCUT2D eigenvalue weighted by molar-refractivity contribution is 7.23. The molecule has 0 nitrogen and oxygen atoms in total. The van der Waals surface area contributed by atoms with Gasteiger partial charge in [0.1, 0.15) is 0 Å². The zero-order chi connectivity index (χ0) is 9.73. The molecule has 3 heteroatoms. The Morgan fingerprint density at radius 2 is 2.08 bits per heavy atom. The van der Waals surface area contributed by atoms with Crippen molar-refractivity contribution in [3.8, 4) is 0 Å². The molecule has 0 aromatic carbocycles. The van der Waals surface area contributed by atoms with Gasteiger partial charge in [0.2, 0.25) is 0 Å². The van der Waals surface area contributed by atoms with Crippen molar-refractivity contribution in [1.82, 2.24) is 0 Å². The van der Waals surface area contributed by atoms with Crippen LogP contribution in [-0.4, -0.2) is 16.2 Å². The van der Waals surface area contributed by atoms with Crippen LogP contribution < -0.4 is 0 Å². The highest BCUT2D eigenvalue weighted by atomic mass is 35.6. The predicted octanol–water partition coefficient (Wildman–Crippen LogP) is 4.43. The monoisotopic (exact) mass is 233 g/mol. The van der Waals surface area contributed by atoms with Crippen molar-refractivity contribution in [3.63, 3.8) is 0 Å². The second-order valence-electron chi connectivity index (χ2n) is 4.43. The second kappa shape index (κ2) is 5.57. The van der Waals surface area contributed by atoms with Crippen molar-refractivity contribution in [2.24, 2.45) is 0 Å². The summed E-state index contributed by atoms with van der Waals surface area (Å²) >= 11 is 6.77. The maximum Gasteiger partial charge on any atom is 0.153 e. The van der Waals surface area contributed by atoms with E-state index in [9.17, 15) is 0 Å². The minimum absolute atomic E-state index is 0.00276. The Labute approximate surface area is 90.4 Å². The van der Waals surface area contributed by atoms with Crippen molar-refractivity contribution >= 4 is 27.3 Å². The van der Waals surface area contributed by atoms with E-state index in [1.165, 1.54) is 43.1 Å². The van der Waals surface area contributed by atoms with Gasteiger partial charge in [0.25, 0.3) is 0 Å². The van der Waals surface area contributed by atoms with Gasteiger partial charge in [-0.25, -0.2) is 0 Å². The number of hydrogen-bond donors (Lipinski definition) is 0. The molecule has 0 aliphatic carbocycles. The van der Waals surface area contributed by atoms with Gasteiger partial charge in [0.15, 0.2) is 7.38 Å². The second-order valence-corrected chi connectivity index (χ2v) is 14.1. The fourth-order valence-corrected chi connectivity index (χ4v) is 15.5. The molecule has 1 saturated heterocycles. The first-order chi connectivity index (χ1) is 6.20. The van der Waals surface area contributed by atoms with E-state index in [1.807, 2.05) is 0 Å². The Morgan fingerprint density at radius 3 is 2.69 bits per heavy atom. The molecule has 0 aromatic heterocycles. The fraction of sp³-hybridized carbons (Fsp3) is 1.00. The number of hydrogen-bond acceptors (Lipinski definition) is 0. The first-order valence-corrected chi connectivity index (χ1v) is 11.5. The Balaban J connectivity index is 2.39. The Morgan fingerprint density at radius 1 is 1.31 bits per heavy atom. The zero-order valence-electron chi connectivity index (χ0n) is 9.03. The third-order valence-electron chi connectivity index (χ3n) is 3.02. The lowest BCUT2D eigenvalue weighted by molar-refractivity contribution is 0.939. The molecular weight excluding hydrogens is 212 g/mol. The van der Waals surface area contributed by atoms with E-state index in [0.717, 1.165) is 0 Å². The topological polar surface area (TPSA) is 0 Å². The van der Waals surface area contributed by atoms with Gasteiger partial charge < -0.3 is 0 Å². The van der Waals surface area contributed by atoms with Crippen LogP contribution in [0.5, 0.6) is 0 Å². The molecule has 1 radical (unpaired) electrons.